The molecule has 1 saturated carbocycles. The first-order valence-corrected chi connectivity index (χ1v) is 13.2. The molecule has 4 N–H and O–H groups in total. The molecule has 1 aliphatic carbocycles. The lowest BCUT2D eigenvalue weighted by Gasteiger charge is -2.15. The van der Waals surface area contributed by atoms with E-state index in [0.29, 0.717) is 35.3 Å². The van der Waals surface area contributed by atoms with Crippen LogP contribution in [0, 0.1) is 11.7 Å². The van der Waals surface area contributed by atoms with Crippen LogP contribution in [0.2, 0.25) is 5.02 Å². The van der Waals surface area contributed by atoms with E-state index in [2.05, 4.69) is 22.2 Å². The van der Waals surface area contributed by atoms with Crippen molar-refractivity contribution < 1.29 is 24.4 Å². The molecule has 7 nitrogen and oxygen atoms in total. The van der Waals surface area contributed by atoms with Gasteiger partial charge in [0.2, 0.25) is 0 Å². The smallest absolute Gasteiger partial charge is 0.165 e. The summed E-state index contributed by atoms with van der Waals surface area (Å²) in [5.41, 5.74) is 0.734. The lowest BCUT2D eigenvalue weighted by Crippen LogP contribution is -2.23. The number of methoxy groups -OCH3 is 1. The summed E-state index contributed by atoms with van der Waals surface area (Å²) in [5, 5.41) is 31.0. The minimum atomic E-state index is -0.575. The van der Waals surface area contributed by atoms with Crippen LogP contribution in [0.1, 0.15) is 65.7 Å². The number of nitrogens with zero attached hydrogens (tertiary/aromatic N) is 2. The number of rotatable bonds is 6. The van der Waals surface area contributed by atoms with Gasteiger partial charge in [0.15, 0.2) is 17.3 Å². The van der Waals surface area contributed by atoms with Crippen molar-refractivity contribution >= 4 is 34.0 Å². The van der Waals surface area contributed by atoms with Crippen molar-refractivity contribution in [3.63, 3.8) is 0 Å². The number of fused-ring (bicyclic) bond motifs is 1. The lowest BCUT2D eigenvalue weighted by molar-refractivity contribution is 0.0157. The Balaban J connectivity index is 0.000000263. The zero-order chi connectivity index (χ0) is 27.4. The lowest BCUT2D eigenvalue weighted by atomic mass is 9.91. The number of anilines is 2. The molecular weight excluding hydrogens is 497 g/mol. The van der Waals surface area contributed by atoms with Crippen molar-refractivity contribution in [2.24, 2.45) is 5.92 Å². The fourth-order valence-electron chi connectivity index (χ4n) is 3.91. The van der Waals surface area contributed by atoms with E-state index in [1.807, 2.05) is 13.8 Å². The van der Waals surface area contributed by atoms with Gasteiger partial charge in [-0.3, -0.25) is 0 Å². The third kappa shape index (κ3) is 9.29. The maximum absolute atomic E-state index is 14.0. The molecule has 1 fully saturated rings. The first-order chi connectivity index (χ1) is 17.7. The molecule has 0 radical (unpaired) electrons. The maximum Gasteiger partial charge on any atom is 0.165 e. The molecule has 0 bridgehead atoms. The average Bonchev–Trinajstić information content (AvgIpc) is 2.91. The van der Waals surface area contributed by atoms with E-state index in [1.54, 1.807) is 18.2 Å². The van der Waals surface area contributed by atoms with Crippen molar-refractivity contribution in [1.82, 2.24) is 9.97 Å². The molecule has 0 amide bonds. The Hall–Kier alpha value is -2.68. The van der Waals surface area contributed by atoms with Crippen molar-refractivity contribution in [1.29, 1.82) is 0 Å². The molecule has 2 atom stereocenters. The first-order valence-electron chi connectivity index (χ1n) is 12.8. The van der Waals surface area contributed by atoms with Crippen molar-refractivity contribution in [3.05, 3.63) is 47.5 Å². The number of ether oxygens (including phenoxy) is 1. The topological polar surface area (TPSA) is 108 Å². The normalized spacial score (nSPS) is 15.0. The molecule has 204 valence electrons. The number of hydrogen-bond donors (Lipinski definition) is 4. The number of phenols is 1. The molecule has 0 unspecified atom stereocenters. The van der Waals surface area contributed by atoms with Crippen molar-refractivity contribution in [2.75, 3.05) is 12.4 Å². The molecule has 0 saturated heterocycles. The van der Waals surface area contributed by atoms with E-state index in [1.165, 1.54) is 57.7 Å². The highest BCUT2D eigenvalue weighted by molar-refractivity contribution is 6.31. The summed E-state index contributed by atoms with van der Waals surface area (Å²) in [5.74, 6) is 1.05. The van der Waals surface area contributed by atoms with E-state index in [9.17, 15) is 9.50 Å². The predicted molar refractivity (Wildman–Crippen MR) is 147 cm³/mol. The van der Waals surface area contributed by atoms with E-state index in [0.717, 1.165) is 5.92 Å². The fraction of sp³-hybridized carbons (Fsp3) is 0.500. The number of phenolic OH excluding ortho intramolecular Hbond substituents is 1. The summed E-state index contributed by atoms with van der Waals surface area (Å²) >= 11 is 5.76. The Morgan fingerprint density at radius 2 is 1.73 bits per heavy atom. The van der Waals surface area contributed by atoms with E-state index < -0.39 is 18.0 Å². The van der Waals surface area contributed by atoms with Gasteiger partial charge in [-0.2, -0.15) is 0 Å². The highest BCUT2D eigenvalue weighted by Crippen LogP contribution is 2.34. The number of aliphatic hydroxyl groups excluding tert-OH is 2. The van der Waals surface area contributed by atoms with Crippen LogP contribution in [-0.4, -0.2) is 44.6 Å². The second-order valence-corrected chi connectivity index (χ2v) is 9.59. The highest BCUT2D eigenvalue weighted by atomic mass is 35.5. The Labute approximate surface area is 223 Å². The van der Waals surface area contributed by atoms with Crippen molar-refractivity contribution in [2.45, 2.75) is 77.9 Å². The van der Waals surface area contributed by atoms with Crippen LogP contribution in [0.15, 0.2) is 36.7 Å². The Kier molecular flexibility index (Phi) is 12.8. The second kappa shape index (κ2) is 15.5. The summed E-state index contributed by atoms with van der Waals surface area (Å²) in [6.07, 6.45) is 8.99. The van der Waals surface area contributed by atoms with Gasteiger partial charge in [-0.1, -0.05) is 70.5 Å². The van der Waals surface area contributed by atoms with Crippen LogP contribution in [0.5, 0.6) is 11.5 Å². The number of hydrogen-bond acceptors (Lipinski definition) is 7. The SMILES string of the molecule is CC1CCCCC1.CC[C@@H](O)[C@@H](O)CC.COc1cc2ncnc(Nc3cccc(Cl)c3F)c2cc1O. The highest BCUT2D eigenvalue weighted by Gasteiger charge is 2.13. The summed E-state index contributed by atoms with van der Waals surface area (Å²) < 4.78 is 19.0. The fourth-order valence-corrected chi connectivity index (χ4v) is 4.09. The minimum Gasteiger partial charge on any atom is -0.504 e. The van der Waals surface area contributed by atoms with Gasteiger partial charge in [0.05, 0.1) is 35.5 Å². The van der Waals surface area contributed by atoms with Crippen LogP contribution in [0.4, 0.5) is 15.9 Å². The molecule has 0 aliphatic heterocycles. The number of aromatic hydroxyl groups is 1. The van der Waals surface area contributed by atoms with Gasteiger partial charge < -0.3 is 25.4 Å². The first kappa shape index (κ1) is 30.5. The van der Waals surface area contributed by atoms with Crippen LogP contribution in [0.3, 0.4) is 0 Å². The Bertz CT molecular complexity index is 1100. The zero-order valence-corrected chi connectivity index (χ0v) is 22.8. The van der Waals surface area contributed by atoms with Crippen LogP contribution in [-0.2, 0) is 0 Å². The number of aliphatic hydroxyl groups is 2. The summed E-state index contributed by atoms with van der Waals surface area (Å²) in [6, 6.07) is 7.65. The molecule has 1 aromatic heterocycles. The van der Waals surface area contributed by atoms with E-state index >= 15 is 0 Å². The molecular formula is C28H39ClFN3O4. The van der Waals surface area contributed by atoms with Gasteiger partial charge in [0.25, 0.3) is 0 Å². The predicted octanol–water partition coefficient (Wildman–Crippen LogP) is 6.99. The second-order valence-electron chi connectivity index (χ2n) is 9.18. The van der Waals surface area contributed by atoms with Crippen molar-refractivity contribution in [3.8, 4) is 11.5 Å². The molecule has 9 heteroatoms. The maximum atomic E-state index is 14.0. The molecule has 2 aromatic carbocycles. The summed E-state index contributed by atoms with van der Waals surface area (Å²) in [6.45, 7) is 6.06. The monoisotopic (exact) mass is 535 g/mol. The summed E-state index contributed by atoms with van der Waals surface area (Å²) in [7, 11) is 1.45. The third-order valence-corrected chi connectivity index (χ3v) is 6.61. The molecule has 1 aliphatic rings. The summed E-state index contributed by atoms with van der Waals surface area (Å²) in [4.78, 5) is 8.20. The minimum absolute atomic E-state index is 0.00729. The largest absolute Gasteiger partial charge is 0.504 e. The van der Waals surface area contributed by atoms with Gasteiger partial charge in [-0.25, -0.2) is 14.4 Å². The average molecular weight is 536 g/mol. The number of benzene rings is 2. The van der Waals surface area contributed by atoms with Gasteiger partial charge in [0.1, 0.15) is 12.1 Å². The number of aromatic nitrogens is 2. The number of nitrogens with one attached hydrogen (secondary N) is 1. The van der Waals surface area contributed by atoms with Gasteiger partial charge in [0, 0.05) is 11.5 Å². The van der Waals surface area contributed by atoms with Crippen LogP contribution >= 0.6 is 11.6 Å². The molecule has 1 heterocycles. The van der Waals surface area contributed by atoms with E-state index in [4.69, 9.17) is 26.6 Å². The third-order valence-electron chi connectivity index (χ3n) is 6.32. The molecule has 3 aromatic rings. The number of halogens is 2. The quantitative estimate of drug-likeness (QED) is 0.269. The van der Waals surface area contributed by atoms with Gasteiger partial charge in [-0.15, -0.1) is 0 Å². The zero-order valence-electron chi connectivity index (χ0n) is 22.0. The van der Waals surface area contributed by atoms with Gasteiger partial charge >= 0.3 is 0 Å². The Morgan fingerprint density at radius 3 is 2.27 bits per heavy atom. The van der Waals surface area contributed by atoms with E-state index in [-0.39, 0.29) is 16.5 Å². The molecule has 37 heavy (non-hydrogen) atoms. The molecule has 0 spiro atoms. The van der Waals surface area contributed by atoms with Crippen LogP contribution in [0.25, 0.3) is 10.9 Å². The van der Waals surface area contributed by atoms with Gasteiger partial charge in [-0.05, 0) is 37.0 Å². The Morgan fingerprint density at radius 1 is 1.08 bits per heavy atom. The van der Waals surface area contributed by atoms with Crippen LogP contribution < -0.4 is 10.1 Å². The molecule has 4 rings (SSSR count). The standard InChI is InChI=1S/C15H11ClFN3O2.C7H14.C6H14O2/c1-22-13-6-11-8(5-12(13)21)15(19-7-18-11)20-10-4-2-3-9(16)14(10)17;1-7-5-3-2-4-6-7;1-3-5(7)6(8)4-2/h2-7,21H,1H3,(H,18,19,20);7H,2-6H2,1H3;5-8H,3-4H2,1-2H3/t;;5-,6+.